The van der Waals surface area contributed by atoms with E-state index in [1.165, 1.54) is 0 Å². The second-order valence-electron chi connectivity index (χ2n) is 3.51. The van der Waals surface area contributed by atoms with Gasteiger partial charge in [-0.25, -0.2) is 0 Å². The van der Waals surface area contributed by atoms with Crippen molar-refractivity contribution in [2.45, 2.75) is 19.0 Å². The molecule has 1 aromatic carbocycles. The fourth-order valence-electron chi connectivity index (χ4n) is 1.97. The molecule has 0 bridgehead atoms. The zero-order valence-electron chi connectivity index (χ0n) is 8.18. The van der Waals surface area contributed by atoms with Crippen molar-refractivity contribution in [3.63, 3.8) is 0 Å². The average Bonchev–Trinajstić information content (AvgIpc) is 2.25. The van der Waals surface area contributed by atoms with Gasteiger partial charge in [0.2, 0.25) is 5.91 Å². The van der Waals surface area contributed by atoms with E-state index in [4.69, 9.17) is 5.73 Å². The SMILES string of the molecule is CCN1C(=O)C(N)C1c1ccccc1. The number of β-lactam (4-membered cyclic amide) rings is 1. The van der Waals surface area contributed by atoms with Crippen molar-refractivity contribution in [2.75, 3.05) is 6.54 Å². The third kappa shape index (κ3) is 1.21. The smallest absolute Gasteiger partial charge is 0.242 e. The van der Waals surface area contributed by atoms with E-state index in [9.17, 15) is 4.79 Å². The lowest BCUT2D eigenvalue weighted by molar-refractivity contribution is -0.149. The molecule has 1 heterocycles. The topological polar surface area (TPSA) is 46.3 Å². The van der Waals surface area contributed by atoms with Gasteiger partial charge in [0.15, 0.2) is 0 Å². The second-order valence-corrected chi connectivity index (χ2v) is 3.51. The lowest BCUT2D eigenvalue weighted by atomic mass is 9.89. The predicted octanol–water partition coefficient (Wildman–Crippen LogP) is 0.917. The molecule has 2 atom stereocenters. The molecule has 1 saturated heterocycles. The molecule has 0 aromatic heterocycles. The van der Waals surface area contributed by atoms with E-state index in [1.807, 2.05) is 37.3 Å². The normalized spacial score (nSPS) is 26.1. The molecule has 1 aliphatic rings. The van der Waals surface area contributed by atoms with Gasteiger partial charge in [0.05, 0.1) is 6.04 Å². The Morgan fingerprint density at radius 3 is 2.57 bits per heavy atom. The van der Waals surface area contributed by atoms with Crippen LogP contribution in [0.5, 0.6) is 0 Å². The summed E-state index contributed by atoms with van der Waals surface area (Å²) in [5, 5.41) is 0. The zero-order valence-corrected chi connectivity index (χ0v) is 8.18. The Bertz CT molecular complexity index is 336. The van der Waals surface area contributed by atoms with Crippen molar-refractivity contribution in [1.82, 2.24) is 4.90 Å². The number of likely N-dealkylation sites (tertiary alicyclic amines) is 1. The molecular formula is C11H14N2O. The Hall–Kier alpha value is -1.35. The number of nitrogens with two attached hydrogens (primary N) is 1. The first-order chi connectivity index (χ1) is 6.75. The average molecular weight is 190 g/mol. The van der Waals surface area contributed by atoms with Gasteiger partial charge < -0.3 is 10.6 Å². The van der Waals surface area contributed by atoms with Crippen LogP contribution >= 0.6 is 0 Å². The van der Waals surface area contributed by atoms with Crippen molar-refractivity contribution in [3.8, 4) is 0 Å². The van der Waals surface area contributed by atoms with Crippen molar-refractivity contribution in [1.29, 1.82) is 0 Å². The van der Waals surface area contributed by atoms with Gasteiger partial charge in [0, 0.05) is 6.54 Å². The molecule has 3 nitrogen and oxygen atoms in total. The first-order valence-corrected chi connectivity index (χ1v) is 4.86. The summed E-state index contributed by atoms with van der Waals surface area (Å²) < 4.78 is 0. The number of hydrogen-bond donors (Lipinski definition) is 1. The molecule has 2 unspecified atom stereocenters. The van der Waals surface area contributed by atoms with E-state index in [0.717, 1.165) is 12.1 Å². The number of carbonyl (C=O) groups is 1. The molecule has 0 spiro atoms. The van der Waals surface area contributed by atoms with E-state index in [2.05, 4.69) is 0 Å². The lowest BCUT2D eigenvalue weighted by Crippen LogP contribution is -2.62. The Morgan fingerprint density at radius 2 is 2.00 bits per heavy atom. The van der Waals surface area contributed by atoms with Gasteiger partial charge >= 0.3 is 0 Å². The molecule has 1 aliphatic heterocycles. The highest BCUT2D eigenvalue weighted by molar-refractivity contribution is 5.89. The molecule has 1 aromatic rings. The molecule has 0 aliphatic carbocycles. The maximum atomic E-state index is 11.4. The second kappa shape index (κ2) is 3.42. The number of benzene rings is 1. The highest BCUT2D eigenvalue weighted by Gasteiger charge is 2.44. The van der Waals surface area contributed by atoms with Crippen LogP contribution in [0, 0.1) is 0 Å². The molecule has 1 fully saturated rings. The maximum absolute atomic E-state index is 11.4. The minimum absolute atomic E-state index is 0.0568. The number of nitrogens with zero attached hydrogens (tertiary/aromatic N) is 1. The molecule has 0 radical (unpaired) electrons. The monoisotopic (exact) mass is 190 g/mol. The number of hydrogen-bond acceptors (Lipinski definition) is 2. The van der Waals surface area contributed by atoms with Gasteiger partial charge in [-0.05, 0) is 12.5 Å². The van der Waals surface area contributed by atoms with Gasteiger partial charge in [0.25, 0.3) is 0 Å². The molecule has 74 valence electrons. The summed E-state index contributed by atoms with van der Waals surface area (Å²) in [4.78, 5) is 13.2. The van der Waals surface area contributed by atoms with E-state index in [-0.39, 0.29) is 18.0 Å². The van der Waals surface area contributed by atoms with Crippen LogP contribution in [0.15, 0.2) is 30.3 Å². The van der Waals surface area contributed by atoms with Crippen LogP contribution in [-0.2, 0) is 4.79 Å². The molecule has 14 heavy (non-hydrogen) atoms. The Morgan fingerprint density at radius 1 is 1.36 bits per heavy atom. The summed E-state index contributed by atoms with van der Waals surface area (Å²) in [5.41, 5.74) is 6.90. The third-order valence-electron chi connectivity index (χ3n) is 2.73. The quantitative estimate of drug-likeness (QED) is 0.705. The fourth-order valence-corrected chi connectivity index (χ4v) is 1.97. The Balaban J connectivity index is 2.23. The van der Waals surface area contributed by atoms with Crippen LogP contribution in [0.4, 0.5) is 0 Å². The van der Waals surface area contributed by atoms with Crippen molar-refractivity contribution in [2.24, 2.45) is 5.73 Å². The van der Waals surface area contributed by atoms with Crippen LogP contribution in [0.2, 0.25) is 0 Å². The predicted molar refractivity (Wildman–Crippen MR) is 54.5 cm³/mol. The van der Waals surface area contributed by atoms with Crippen molar-refractivity contribution < 1.29 is 4.79 Å². The first kappa shape index (κ1) is 9.21. The largest absolute Gasteiger partial charge is 0.332 e. The van der Waals surface area contributed by atoms with E-state index < -0.39 is 0 Å². The molecule has 1 amide bonds. The molecule has 2 N–H and O–H groups in total. The van der Waals surface area contributed by atoms with E-state index in [0.29, 0.717) is 0 Å². The maximum Gasteiger partial charge on any atom is 0.242 e. The van der Waals surface area contributed by atoms with E-state index >= 15 is 0 Å². The summed E-state index contributed by atoms with van der Waals surface area (Å²) >= 11 is 0. The highest BCUT2D eigenvalue weighted by Crippen LogP contribution is 2.32. The van der Waals surface area contributed by atoms with Gasteiger partial charge in [-0.15, -0.1) is 0 Å². The highest BCUT2D eigenvalue weighted by atomic mass is 16.2. The molecule has 2 rings (SSSR count). The Labute approximate surface area is 83.5 Å². The molecular weight excluding hydrogens is 176 g/mol. The van der Waals surface area contributed by atoms with Gasteiger partial charge in [0.1, 0.15) is 6.04 Å². The summed E-state index contributed by atoms with van der Waals surface area (Å²) in [7, 11) is 0. The van der Waals surface area contributed by atoms with E-state index in [1.54, 1.807) is 4.90 Å². The minimum atomic E-state index is -0.350. The van der Waals surface area contributed by atoms with Gasteiger partial charge in [-0.2, -0.15) is 0 Å². The lowest BCUT2D eigenvalue weighted by Gasteiger charge is -2.45. The summed E-state index contributed by atoms with van der Waals surface area (Å²) in [6, 6.07) is 9.66. The third-order valence-corrected chi connectivity index (χ3v) is 2.73. The number of carbonyl (C=O) groups excluding carboxylic acids is 1. The first-order valence-electron chi connectivity index (χ1n) is 4.86. The van der Waals surface area contributed by atoms with Crippen LogP contribution < -0.4 is 5.73 Å². The minimum Gasteiger partial charge on any atom is -0.332 e. The number of likely N-dealkylation sites (N-methyl/N-ethyl adjacent to an activating group) is 1. The fraction of sp³-hybridized carbons (Fsp3) is 0.364. The Kier molecular flexibility index (Phi) is 2.25. The van der Waals surface area contributed by atoms with Gasteiger partial charge in [-0.3, -0.25) is 4.79 Å². The van der Waals surface area contributed by atoms with Crippen molar-refractivity contribution >= 4 is 5.91 Å². The van der Waals surface area contributed by atoms with Crippen LogP contribution in [0.1, 0.15) is 18.5 Å². The molecule has 3 heteroatoms. The number of amides is 1. The zero-order chi connectivity index (χ0) is 10.1. The molecule has 0 saturated carbocycles. The van der Waals surface area contributed by atoms with Crippen molar-refractivity contribution in [3.05, 3.63) is 35.9 Å². The van der Waals surface area contributed by atoms with Crippen LogP contribution in [0.25, 0.3) is 0 Å². The van der Waals surface area contributed by atoms with Crippen LogP contribution in [-0.4, -0.2) is 23.4 Å². The van der Waals surface area contributed by atoms with Crippen LogP contribution in [0.3, 0.4) is 0 Å². The summed E-state index contributed by atoms with van der Waals surface area (Å²) in [5.74, 6) is 0.0568. The number of rotatable bonds is 2. The standard InChI is InChI=1S/C11H14N2O/c1-2-13-10(9(12)11(13)14)8-6-4-3-5-7-8/h3-7,9-10H,2,12H2,1H3. The summed E-state index contributed by atoms with van der Waals surface area (Å²) in [6.45, 7) is 2.70. The van der Waals surface area contributed by atoms with Gasteiger partial charge in [-0.1, -0.05) is 30.3 Å². The summed E-state index contributed by atoms with van der Waals surface area (Å²) in [6.07, 6.45) is 0.